The van der Waals surface area contributed by atoms with Crippen LogP contribution < -0.4 is 5.32 Å². The second kappa shape index (κ2) is 7.37. The zero-order valence-electron chi connectivity index (χ0n) is 14.5. The van der Waals surface area contributed by atoms with Crippen molar-refractivity contribution < 1.29 is 9.50 Å². The van der Waals surface area contributed by atoms with Crippen molar-refractivity contribution in [2.24, 2.45) is 5.92 Å². The Labute approximate surface area is 151 Å². The fourth-order valence-electron chi connectivity index (χ4n) is 3.59. The minimum absolute atomic E-state index is 0.351. The second-order valence-corrected chi connectivity index (χ2v) is 6.84. The number of aromatic nitrogens is 4. The summed E-state index contributed by atoms with van der Waals surface area (Å²) in [6, 6.07) is 10.00. The standard InChI is InChI=1S/C19H22FN5O/c20-15-9-5-4-8-14(15)19-23-22-18-11-10-17(24-25(18)19)21-12-16(26)13-6-2-1-3-7-13/h4-5,8-11,13,16,26H,1-3,6-7,12H2,(H,21,24). The van der Waals surface area contributed by atoms with Gasteiger partial charge in [0.2, 0.25) is 0 Å². The molecule has 2 heterocycles. The van der Waals surface area contributed by atoms with Crippen LogP contribution in [0.3, 0.4) is 0 Å². The Balaban J connectivity index is 1.53. The topological polar surface area (TPSA) is 75.3 Å². The Morgan fingerprint density at radius 1 is 1.12 bits per heavy atom. The van der Waals surface area contributed by atoms with Gasteiger partial charge in [0.1, 0.15) is 11.6 Å². The molecular formula is C19H22FN5O. The number of rotatable bonds is 5. The number of aliphatic hydroxyl groups is 1. The predicted octanol–water partition coefficient (Wildman–Crippen LogP) is 3.28. The van der Waals surface area contributed by atoms with Crippen LogP contribution in [0.1, 0.15) is 32.1 Å². The molecule has 136 valence electrons. The SMILES string of the molecule is OC(CNc1ccc2nnc(-c3ccccc3F)n2n1)C1CCCCC1. The van der Waals surface area contributed by atoms with Gasteiger partial charge in [-0.3, -0.25) is 0 Å². The second-order valence-electron chi connectivity index (χ2n) is 6.84. The minimum Gasteiger partial charge on any atom is -0.391 e. The molecule has 1 aliphatic rings. The van der Waals surface area contributed by atoms with Crippen LogP contribution in [0.5, 0.6) is 0 Å². The normalized spacial score (nSPS) is 16.7. The van der Waals surface area contributed by atoms with Gasteiger partial charge in [0, 0.05) is 6.54 Å². The minimum atomic E-state index is -0.389. The molecule has 1 saturated carbocycles. The molecule has 0 spiro atoms. The van der Waals surface area contributed by atoms with Gasteiger partial charge < -0.3 is 10.4 Å². The number of hydrogen-bond donors (Lipinski definition) is 2. The van der Waals surface area contributed by atoms with E-state index in [0.29, 0.717) is 35.3 Å². The number of anilines is 1. The molecular weight excluding hydrogens is 333 g/mol. The summed E-state index contributed by atoms with van der Waals surface area (Å²) in [5.41, 5.74) is 0.897. The van der Waals surface area contributed by atoms with Gasteiger partial charge >= 0.3 is 0 Å². The van der Waals surface area contributed by atoms with Crippen molar-refractivity contribution in [3.8, 4) is 11.4 Å². The van der Waals surface area contributed by atoms with Crippen LogP contribution in [-0.2, 0) is 0 Å². The van der Waals surface area contributed by atoms with Crippen LogP contribution in [0.25, 0.3) is 17.0 Å². The zero-order valence-corrected chi connectivity index (χ0v) is 14.5. The van der Waals surface area contributed by atoms with E-state index in [1.54, 1.807) is 30.3 Å². The van der Waals surface area contributed by atoms with Crippen molar-refractivity contribution in [3.05, 3.63) is 42.2 Å². The number of aliphatic hydroxyl groups excluding tert-OH is 1. The lowest BCUT2D eigenvalue weighted by Gasteiger charge is -2.26. The lowest BCUT2D eigenvalue weighted by Crippen LogP contribution is -2.30. The van der Waals surface area contributed by atoms with E-state index < -0.39 is 0 Å². The average Bonchev–Trinajstić information content (AvgIpc) is 3.10. The van der Waals surface area contributed by atoms with Crippen LogP contribution in [0.2, 0.25) is 0 Å². The van der Waals surface area contributed by atoms with Gasteiger partial charge in [-0.1, -0.05) is 31.4 Å². The molecule has 0 radical (unpaired) electrons. The highest BCUT2D eigenvalue weighted by Gasteiger charge is 2.21. The third-order valence-corrected chi connectivity index (χ3v) is 5.06. The monoisotopic (exact) mass is 355 g/mol. The van der Waals surface area contributed by atoms with Crippen molar-refractivity contribution in [1.82, 2.24) is 19.8 Å². The van der Waals surface area contributed by atoms with Crippen molar-refractivity contribution in [2.45, 2.75) is 38.2 Å². The van der Waals surface area contributed by atoms with Crippen LogP contribution in [0.15, 0.2) is 36.4 Å². The molecule has 0 amide bonds. The van der Waals surface area contributed by atoms with Crippen LogP contribution in [0, 0.1) is 11.7 Å². The van der Waals surface area contributed by atoms with Crippen molar-refractivity contribution in [3.63, 3.8) is 0 Å². The molecule has 0 saturated heterocycles. The molecule has 0 bridgehead atoms. The van der Waals surface area contributed by atoms with Gasteiger partial charge in [0.25, 0.3) is 0 Å². The maximum atomic E-state index is 14.1. The average molecular weight is 355 g/mol. The van der Waals surface area contributed by atoms with Crippen molar-refractivity contribution in [2.75, 3.05) is 11.9 Å². The lowest BCUT2D eigenvalue weighted by molar-refractivity contribution is 0.0955. The van der Waals surface area contributed by atoms with E-state index in [0.717, 1.165) is 12.8 Å². The number of fused-ring (bicyclic) bond motifs is 1. The smallest absolute Gasteiger partial charge is 0.188 e. The molecule has 0 aliphatic heterocycles. The first-order valence-corrected chi connectivity index (χ1v) is 9.11. The highest BCUT2D eigenvalue weighted by atomic mass is 19.1. The number of hydrogen-bond acceptors (Lipinski definition) is 5. The molecule has 6 nitrogen and oxygen atoms in total. The van der Waals surface area contributed by atoms with Gasteiger partial charge in [-0.15, -0.1) is 15.3 Å². The Kier molecular flexibility index (Phi) is 4.79. The van der Waals surface area contributed by atoms with E-state index in [2.05, 4.69) is 20.6 Å². The number of benzene rings is 1. The van der Waals surface area contributed by atoms with Crippen LogP contribution in [0.4, 0.5) is 10.2 Å². The first-order chi connectivity index (χ1) is 12.7. The summed E-state index contributed by atoms with van der Waals surface area (Å²) in [5, 5.41) is 26.2. The Hall–Kier alpha value is -2.54. The summed E-state index contributed by atoms with van der Waals surface area (Å²) in [6.45, 7) is 0.445. The number of nitrogens with zero attached hydrogens (tertiary/aromatic N) is 4. The molecule has 3 aromatic rings. The molecule has 26 heavy (non-hydrogen) atoms. The predicted molar refractivity (Wildman–Crippen MR) is 97.2 cm³/mol. The van der Waals surface area contributed by atoms with Crippen LogP contribution in [-0.4, -0.2) is 37.6 Å². The largest absolute Gasteiger partial charge is 0.391 e. The van der Waals surface area contributed by atoms with Crippen molar-refractivity contribution in [1.29, 1.82) is 0 Å². The van der Waals surface area contributed by atoms with Gasteiger partial charge in [-0.25, -0.2) is 4.39 Å². The highest BCUT2D eigenvalue weighted by Crippen LogP contribution is 2.26. The highest BCUT2D eigenvalue weighted by molar-refractivity contribution is 5.60. The van der Waals surface area contributed by atoms with Gasteiger partial charge in [-0.05, 0) is 43.0 Å². The summed E-state index contributed by atoms with van der Waals surface area (Å²) < 4.78 is 15.6. The first-order valence-electron chi connectivity index (χ1n) is 9.11. The third kappa shape index (κ3) is 3.39. The molecule has 1 aliphatic carbocycles. The Morgan fingerprint density at radius 3 is 2.73 bits per heavy atom. The van der Waals surface area contributed by atoms with E-state index >= 15 is 0 Å². The molecule has 2 aromatic heterocycles. The maximum Gasteiger partial charge on any atom is 0.188 e. The fourth-order valence-corrected chi connectivity index (χ4v) is 3.59. The van der Waals surface area contributed by atoms with E-state index in [1.165, 1.54) is 29.8 Å². The maximum absolute atomic E-state index is 14.1. The summed E-state index contributed by atoms with van der Waals surface area (Å²) in [4.78, 5) is 0. The quantitative estimate of drug-likeness (QED) is 0.735. The first kappa shape index (κ1) is 16.9. The van der Waals surface area contributed by atoms with Crippen molar-refractivity contribution >= 4 is 11.5 Å². The third-order valence-electron chi connectivity index (χ3n) is 5.06. The zero-order chi connectivity index (χ0) is 17.9. The lowest BCUT2D eigenvalue weighted by atomic mass is 9.85. The van der Waals surface area contributed by atoms with E-state index in [-0.39, 0.29) is 11.9 Å². The van der Waals surface area contributed by atoms with E-state index in [9.17, 15) is 9.50 Å². The molecule has 4 rings (SSSR count). The molecule has 1 fully saturated rings. The number of nitrogens with one attached hydrogen (secondary N) is 1. The summed E-state index contributed by atoms with van der Waals surface area (Å²) >= 11 is 0. The summed E-state index contributed by atoms with van der Waals surface area (Å²) in [6.07, 6.45) is 5.43. The Morgan fingerprint density at radius 2 is 1.92 bits per heavy atom. The van der Waals surface area contributed by atoms with Crippen LogP contribution >= 0.6 is 0 Å². The fraction of sp³-hybridized carbons (Fsp3) is 0.421. The van der Waals surface area contributed by atoms with E-state index in [1.807, 2.05) is 0 Å². The Bertz CT molecular complexity index is 891. The summed E-state index contributed by atoms with van der Waals surface area (Å²) in [7, 11) is 0. The molecule has 1 atom stereocenters. The van der Waals surface area contributed by atoms with E-state index in [4.69, 9.17) is 0 Å². The molecule has 2 N–H and O–H groups in total. The number of halogens is 1. The molecule has 7 heteroatoms. The molecule has 1 unspecified atom stereocenters. The van der Waals surface area contributed by atoms with Gasteiger partial charge in [0.15, 0.2) is 11.5 Å². The van der Waals surface area contributed by atoms with Gasteiger partial charge in [0.05, 0.1) is 11.7 Å². The van der Waals surface area contributed by atoms with Gasteiger partial charge in [-0.2, -0.15) is 4.52 Å². The summed E-state index contributed by atoms with van der Waals surface area (Å²) in [5.74, 6) is 0.942. The molecule has 1 aromatic carbocycles.